The maximum Gasteiger partial charge on any atom is 0.251 e. The van der Waals surface area contributed by atoms with Gasteiger partial charge in [-0.15, -0.1) is 11.3 Å². The Morgan fingerprint density at radius 3 is 2.74 bits per heavy atom. The van der Waals surface area contributed by atoms with Crippen LogP contribution in [0.5, 0.6) is 0 Å². The number of carbonyl (C=O) groups is 2. The van der Waals surface area contributed by atoms with Gasteiger partial charge in [-0.2, -0.15) is 5.10 Å². The minimum atomic E-state index is -0.353. The minimum absolute atomic E-state index is 0.110. The molecule has 2 heterocycles. The number of amides is 2. The summed E-state index contributed by atoms with van der Waals surface area (Å²) in [7, 11) is 0. The summed E-state index contributed by atoms with van der Waals surface area (Å²) in [5.41, 5.74) is 9.56. The largest absolute Gasteiger partial charge is 0.370 e. The number of nitrogens with one attached hydrogen (secondary N) is 1. The molecular weight excluding hydrogens is 360 g/mol. The SMILES string of the molecule is Cc1nn(CCC(N)=O)c(C)c1-c1cccc(C(=O)NCc2cccs2)c1. The summed E-state index contributed by atoms with van der Waals surface area (Å²) < 4.78 is 1.79. The maximum absolute atomic E-state index is 12.5. The molecule has 3 rings (SSSR count). The van der Waals surface area contributed by atoms with Crippen LogP contribution in [0.25, 0.3) is 11.1 Å². The fourth-order valence-corrected chi connectivity index (χ4v) is 3.69. The van der Waals surface area contributed by atoms with Crippen molar-refractivity contribution >= 4 is 23.2 Å². The van der Waals surface area contributed by atoms with Gasteiger partial charge in [0.25, 0.3) is 5.91 Å². The monoisotopic (exact) mass is 382 g/mol. The van der Waals surface area contributed by atoms with Gasteiger partial charge < -0.3 is 11.1 Å². The van der Waals surface area contributed by atoms with Crippen LogP contribution < -0.4 is 11.1 Å². The molecule has 2 aromatic heterocycles. The molecule has 2 amide bonds. The molecule has 0 saturated heterocycles. The summed E-state index contributed by atoms with van der Waals surface area (Å²) in [5.74, 6) is -0.463. The first kappa shape index (κ1) is 18.8. The van der Waals surface area contributed by atoms with Crippen molar-refractivity contribution in [2.75, 3.05) is 0 Å². The number of thiophene rings is 1. The average molecular weight is 382 g/mol. The van der Waals surface area contributed by atoms with E-state index in [1.54, 1.807) is 22.1 Å². The molecule has 3 N–H and O–H groups in total. The van der Waals surface area contributed by atoms with Gasteiger partial charge in [-0.25, -0.2) is 0 Å². The van der Waals surface area contributed by atoms with E-state index in [0.717, 1.165) is 27.4 Å². The number of hydrogen-bond acceptors (Lipinski definition) is 4. The summed E-state index contributed by atoms with van der Waals surface area (Å²) in [5, 5.41) is 9.45. The number of benzene rings is 1. The molecule has 0 spiro atoms. The molecule has 0 unspecified atom stereocenters. The van der Waals surface area contributed by atoms with E-state index in [2.05, 4.69) is 10.4 Å². The molecule has 6 nitrogen and oxygen atoms in total. The summed E-state index contributed by atoms with van der Waals surface area (Å²) in [6.45, 7) is 4.85. The van der Waals surface area contributed by atoms with Gasteiger partial charge in [0, 0.05) is 34.7 Å². The van der Waals surface area contributed by atoms with Crippen molar-refractivity contribution in [2.24, 2.45) is 5.73 Å². The van der Waals surface area contributed by atoms with Gasteiger partial charge >= 0.3 is 0 Å². The first-order valence-corrected chi connectivity index (χ1v) is 9.57. The molecule has 0 radical (unpaired) electrons. The van der Waals surface area contributed by atoms with E-state index in [1.165, 1.54) is 0 Å². The summed E-state index contributed by atoms with van der Waals surface area (Å²) in [6.07, 6.45) is 0.243. The van der Waals surface area contributed by atoms with Crippen LogP contribution in [0.4, 0.5) is 0 Å². The van der Waals surface area contributed by atoms with E-state index in [9.17, 15) is 9.59 Å². The van der Waals surface area contributed by atoms with E-state index in [4.69, 9.17) is 5.73 Å². The first-order chi connectivity index (χ1) is 13.0. The third-order valence-corrected chi connectivity index (χ3v) is 5.24. The van der Waals surface area contributed by atoms with Crippen LogP contribution in [0, 0.1) is 13.8 Å². The Morgan fingerprint density at radius 2 is 2.04 bits per heavy atom. The highest BCUT2D eigenvalue weighted by Gasteiger charge is 2.15. The van der Waals surface area contributed by atoms with Gasteiger partial charge in [0.15, 0.2) is 0 Å². The zero-order valence-electron chi connectivity index (χ0n) is 15.4. The van der Waals surface area contributed by atoms with E-state index >= 15 is 0 Å². The Kier molecular flexibility index (Phi) is 5.71. The molecule has 27 heavy (non-hydrogen) atoms. The van der Waals surface area contributed by atoms with Crippen molar-refractivity contribution in [1.82, 2.24) is 15.1 Å². The third-order valence-electron chi connectivity index (χ3n) is 4.37. The van der Waals surface area contributed by atoms with Gasteiger partial charge in [-0.1, -0.05) is 18.2 Å². The van der Waals surface area contributed by atoms with E-state index in [0.29, 0.717) is 18.7 Å². The van der Waals surface area contributed by atoms with Crippen LogP contribution in [0.2, 0.25) is 0 Å². The van der Waals surface area contributed by atoms with Crippen LogP contribution in [-0.2, 0) is 17.9 Å². The number of rotatable bonds is 7. The number of carbonyl (C=O) groups excluding carboxylic acids is 2. The van der Waals surface area contributed by atoms with Crippen molar-refractivity contribution in [3.63, 3.8) is 0 Å². The fraction of sp³-hybridized carbons (Fsp3) is 0.250. The highest BCUT2D eigenvalue weighted by molar-refractivity contribution is 7.09. The lowest BCUT2D eigenvalue weighted by Crippen LogP contribution is -2.22. The van der Waals surface area contributed by atoms with Crippen molar-refractivity contribution in [3.05, 3.63) is 63.6 Å². The zero-order chi connectivity index (χ0) is 19.4. The Bertz CT molecular complexity index is 961. The number of nitrogens with two attached hydrogens (primary N) is 1. The van der Waals surface area contributed by atoms with Crippen LogP contribution in [0.15, 0.2) is 41.8 Å². The van der Waals surface area contributed by atoms with Crippen molar-refractivity contribution in [1.29, 1.82) is 0 Å². The summed E-state index contributed by atoms with van der Waals surface area (Å²) in [4.78, 5) is 24.7. The highest BCUT2D eigenvalue weighted by Crippen LogP contribution is 2.28. The quantitative estimate of drug-likeness (QED) is 0.658. The van der Waals surface area contributed by atoms with Gasteiger partial charge in [-0.05, 0) is 43.0 Å². The second kappa shape index (κ2) is 8.18. The first-order valence-electron chi connectivity index (χ1n) is 8.69. The highest BCUT2D eigenvalue weighted by atomic mass is 32.1. The fourth-order valence-electron chi connectivity index (χ4n) is 3.05. The predicted molar refractivity (Wildman–Crippen MR) is 106 cm³/mol. The van der Waals surface area contributed by atoms with Gasteiger partial charge in [0.05, 0.1) is 12.2 Å². The normalized spacial score (nSPS) is 10.7. The zero-order valence-corrected chi connectivity index (χ0v) is 16.2. The lowest BCUT2D eigenvalue weighted by Gasteiger charge is -2.08. The van der Waals surface area contributed by atoms with Gasteiger partial charge in [0.2, 0.25) is 5.91 Å². The maximum atomic E-state index is 12.5. The van der Waals surface area contributed by atoms with E-state index in [1.807, 2.05) is 49.6 Å². The number of aromatic nitrogens is 2. The average Bonchev–Trinajstić information content (AvgIpc) is 3.26. The van der Waals surface area contributed by atoms with Crippen molar-refractivity contribution in [2.45, 2.75) is 33.4 Å². The second-order valence-corrected chi connectivity index (χ2v) is 7.36. The lowest BCUT2D eigenvalue weighted by atomic mass is 10.0. The predicted octanol–water partition coefficient (Wildman–Crippen LogP) is 3.03. The molecule has 0 saturated carbocycles. The van der Waals surface area contributed by atoms with Crippen molar-refractivity contribution in [3.8, 4) is 11.1 Å². The smallest absolute Gasteiger partial charge is 0.251 e. The molecule has 0 atom stereocenters. The van der Waals surface area contributed by atoms with E-state index in [-0.39, 0.29) is 18.2 Å². The lowest BCUT2D eigenvalue weighted by molar-refractivity contribution is -0.118. The van der Waals surface area contributed by atoms with Crippen LogP contribution in [0.1, 0.15) is 33.0 Å². The summed E-state index contributed by atoms with van der Waals surface area (Å²) in [6, 6.07) is 11.5. The Hall–Kier alpha value is -2.93. The molecule has 140 valence electrons. The molecule has 0 aliphatic carbocycles. The molecule has 0 fully saturated rings. The number of nitrogens with zero attached hydrogens (tertiary/aromatic N) is 2. The summed E-state index contributed by atoms with van der Waals surface area (Å²) >= 11 is 1.61. The van der Waals surface area contributed by atoms with Gasteiger partial charge in [0.1, 0.15) is 0 Å². The molecule has 0 aliphatic rings. The van der Waals surface area contributed by atoms with Crippen LogP contribution in [0.3, 0.4) is 0 Å². The number of hydrogen-bond donors (Lipinski definition) is 2. The Labute approximate surface area is 162 Å². The molecule has 7 heteroatoms. The molecule has 3 aromatic rings. The number of aryl methyl sites for hydroxylation is 2. The Morgan fingerprint density at radius 1 is 1.22 bits per heavy atom. The molecule has 0 aliphatic heterocycles. The standard InChI is InChI=1S/C20H22N4O2S/c1-13-19(14(2)24(23-13)9-8-18(21)25)15-5-3-6-16(11-15)20(26)22-12-17-7-4-10-27-17/h3-7,10-11H,8-9,12H2,1-2H3,(H2,21,25)(H,22,26). The van der Waals surface area contributed by atoms with Crippen LogP contribution >= 0.6 is 11.3 Å². The molecular formula is C20H22N4O2S. The second-order valence-electron chi connectivity index (χ2n) is 6.33. The van der Waals surface area contributed by atoms with Gasteiger partial charge in [-0.3, -0.25) is 14.3 Å². The molecule has 1 aromatic carbocycles. The number of primary amides is 1. The topological polar surface area (TPSA) is 90.0 Å². The van der Waals surface area contributed by atoms with E-state index < -0.39 is 0 Å². The Balaban J connectivity index is 1.80. The van der Waals surface area contributed by atoms with Crippen molar-refractivity contribution < 1.29 is 9.59 Å². The third kappa shape index (κ3) is 4.43. The minimum Gasteiger partial charge on any atom is -0.370 e. The van der Waals surface area contributed by atoms with Crippen LogP contribution in [-0.4, -0.2) is 21.6 Å². The molecule has 0 bridgehead atoms.